The lowest BCUT2D eigenvalue weighted by atomic mass is 10.2. The minimum absolute atomic E-state index is 0.123. The smallest absolute Gasteiger partial charge is 0.181 e. The first-order valence-corrected chi connectivity index (χ1v) is 4.97. The van der Waals surface area contributed by atoms with E-state index in [-0.39, 0.29) is 16.6 Å². The van der Waals surface area contributed by atoms with E-state index in [2.05, 4.69) is 9.97 Å². The molecule has 5 heteroatoms. The number of nitrogens with zero attached hydrogens (tertiary/aromatic N) is 2. The Bertz CT molecular complexity index is 554. The molecule has 1 aromatic heterocycles. The summed E-state index contributed by atoms with van der Waals surface area (Å²) >= 11 is 11.6. The molecule has 15 heavy (non-hydrogen) atoms. The molecule has 1 heterocycles. The first-order valence-electron chi connectivity index (χ1n) is 4.21. The van der Waals surface area contributed by atoms with Gasteiger partial charge in [0.1, 0.15) is 5.69 Å². The first-order chi connectivity index (χ1) is 7.08. The summed E-state index contributed by atoms with van der Waals surface area (Å²) in [5.41, 5.74) is 1.36. The Hall–Kier alpha value is -1.19. The Balaban J connectivity index is 2.77. The lowest BCUT2D eigenvalue weighted by Gasteiger charge is -2.01. The Labute approximate surface area is 96.1 Å². The second-order valence-electron chi connectivity index (χ2n) is 3.05. The van der Waals surface area contributed by atoms with Crippen molar-refractivity contribution in [3.63, 3.8) is 0 Å². The number of aromatic nitrogens is 2. The fraction of sp³-hybridized carbons (Fsp3) is 0.100. The molecule has 0 N–H and O–H groups in total. The summed E-state index contributed by atoms with van der Waals surface area (Å²) in [5.74, 6) is -0.214. The molecule has 0 saturated heterocycles. The molecule has 3 nitrogen and oxygen atoms in total. The van der Waals surface area contributed by atoms with Crippen LogP contribution < -0.4 is 0 Å². The van der Waals surface area contributed by atoms with Crippen LogP contribution in [0.4, 0.5) is 0 Å². The van der Waals surface area contributed by atoms with Gasteiger partial charge in [0, 0.05) is 11.9 Å². The van der Waals surface area contributed by atoms with E-state index in [0.717, 1.165) is 0 Å². The van der Waals surface area contributed by atoms with Crippen molar-refractivity contribution in [3.8, 4) is 0 Å². The van der Waals surface area contributed by atoms with Gasteiger partial charge < -0.3 is 0 Å². The molecule has 0 aliphatic carbocycles. The molecule has 76 valence electrons. The number of halogens is 2. The van der Waals surface area contributed by atoms with Crippen LogP contribution in [0.5, 0.6) is 0 Å². The van der Waals surface area contributed by atoms with Crippen molar-refractivity contribution >= 4 is 40.0 Å². The van der Waals surface area contributed by atoms with Crippen molar-refractivity contribution in [2.24, 2.45) is 0 Å². The summed E-state index contributed by atoms with van der Waals surface area (Å²) in [6, 6.07) is 5.05. The van der Waals surface area contributed by atoms with E-state index in [1.165, 1.54) is 6.92 Å². The molecule has 0 bridgehead atoms. The van der Waals surface area contributed by atoms with Crippen molar-refractivity contribution < 1.29 is 4.79 Å². The Morgan fingerprint density at radius 1 is 1.20 bits per heavy atom. The fourth-order valence-corrected chi connectivity index (χ4v) is 1.66. The summed E-state index contributed by atoms with van der Waals surface area (Å²) in [6.07, 6.45) is 0. The van der Waals surface area contributed by atoms with Crippen LogP contribution in [0.3, 0.4) is 0 Å². The van der Waals surface area contributed by atoms with Crippen LogP contribution in [0, 0.1) is 0 Å². The molecule has 0 spiro atoms. The van der Waals surface area contributed by atoms with E-state index in [9.17, 15) is 4.79 Å². The minimum Gasteiger partial charge on any atom is -0.293 e. The van der Waals surface area contributed by atoms with Gasteiger partial charge in [0.05, 0.1) is 11.0 Å². The molecule has 0 saturated carbocycles. The summed E-state index contributed by atoms with van der Waals surface area (Å²) < 4.78 is 0. The number of fused-ring (bicyclic) bond motifs is 1. The summed E-state index contributed by atoms with van der Waals surface area (Å²) in [5, 5.41) is 0.672. The van der Waals surface area contributed by atoms with Crippen LogP contribution in [-0.4, -0.2) is 15.8 Å². The molecule has 0 amide bonds. The largest absolute Gasteiger partial charge is 0.293 e. The topological polar surface area (TPSA) is 42.9 Å². The van der Waals surface area contributed by atoms with E-state index in [4.69, 9.17) is 23.2 Å². The number of hydrogen-bond acceptors (Lipinski definition) is 3. The quantitative estimate of drug-likeness (QED) is 0.720. The van der Waals surface area contributed by atoms with Crippen molar-refractivity contribution in [2.75, 3.05) is 0 Å². The Morgan fingerprint density at radius 3 is 2.60 bits per heavy atom. The lowest BCUT2D eigenvalue weighted by Crippen LogP contribution is -2.00. The highest BCUT2D eigenvalue weighted by molar-refractivity contribution is 6.33. The molecule has 2 aromatic rings. The van der Waals surface area contributed by atoms with Crippen LogP contribution in [0.2, 0.25) is 10.2 Å². The number of hydrogen-bond donors (Lipinski definition) is 0. The predicted molar refractivity (Wildman–Crippen MR) is 59.6 cm³/mol. The predicted octanol–water partition coefficient (Wildman–Crippen LogP) is 3.14. The standard InChI is InChI=1S/C10H6Cl2N2O/c1-5(15)9-10(12)14-7-3-2-6(11)4-8(7)13-9/h2-4H,1H3. The maximum atomic E-state index is 11.2. The lowest BCUT2D eigenvalue weighted by molar-refractivity contribution is 0.101. The molecule has 0 fully saturated rings. The molecule has 0 aliphatic rings. The maximum Gasteiger partial charge on any atom is 0.181 e. The number of rotatable bonds is 1. The summed E-state index contributed by atoms with van der Waals surface area (Å²) in [7, 11) is 0. The third-order valence-electron chi connectivity index (χ3n) is 1.92. The highest BCUT2D eigenvalue weighted by atomic mass is 35.5. The monoisotopic (exact) mass is 240 g/mol. The first kappa shape index (κ1) is 10.3. The van der Waals surface area contributed by atoms with Gasteiger partial charge in [-0.3, -0.25) is 4.79 Å². The van der Waals surface area contributed by atoms with Gasteiger partial charge in [-0.15, -0.1) is 0 Å². The highest BCUT2D eigenvalue weighted by Crippen LogP contribution is 2.20. The van der Waals surface area contributed by atoms with Gasteiger partial charge in [-0.05, 0) is 18.2 Å². The van der Waals surface area contributed by atoms with Crippen LogP contribution in [0.15, 0.2) is 18.2 Å². The van der Waals surface area contributed by atoms with Crippen molar-refractivity contribution in [1.29, 1.82) is 0 Å². The minimum atomic E-state index is -0.214. The van der Waals surface area contributed by atoms with Crippen molar-refractivity contribution in [1.82, 2.24) is 9.97 Å². The van der Waals surface area contributed by atoms with Gasteiger partial charge >= 0.3 is 0 Å². The molecule has 0 radical (unpaired) electrons. The number of Topliss-reactive ketones (excluding diaryl/α,β-unsaturated/α-hetero) is 1. The Morgan fingerprint density at radius 2 is 1.93 bits per heavy atom. The highest BCUT2D eigenvalue weighted by Gasteiger charge is 2.10. The van der Waals surface area contributed by atoms with E-state index in [1.54, 1.807) is 18.2 Å². The van der Waals surface area contributed by atoms with Gasteiger partial charge in [-0.1, -0.05) is 23.2 Å². The molecule has 0 unspecified atom stereocenters. The van der Waals surface area contributed by atoms with Crippen LogP contribution in [-0.2, 0) is 0 Å². The van der Waals surface area contributed by atoms with Gasteiger partial charge in [-0.2, -0.15) is 0 Å². The van der Waals surface area contributed by atoms with Crippen LogP contribution in [0.1, 0.15) is 17.4 Å². The third kappa shape index (κ3) is 1.94. The Kier molecular flexibility index (Phi) is 2.59. The van der Waals surface area contributed by atoms with Crippen molar-refractivity contribution in [3.05, 3.63) is 34.1 Å². The normalized spacial score (nSPS) is 10.6. The number of ketones is 1. The number of benzene rings is 1. The summed E-state index contributed by atoms with van der Waals surface area (Å²) in [6.45, 7) is 1.40. The number of carbonyl (C=O) groups excluding carboxylic acids is 1. The summed E-state index contributed by atoms with van der Waals surface area (Å²) in [4.78, 5) is 19.3. The van der Waals surface area contributed by atoms with Crippen molar-refractivity contribution in [2.45, 2.75) is 6.92 Å². The average Bonchev–Trinajstić information content (AvgIpc) is 2.17. The molecule has 2 rings (SSSR count). The molecule has 0 atom stereocenters. The van der Waals surface area contributed by atoms with Gasteiger partial charge in [-0.25, -0.2) is 9.97 Å². The average molecular weight is 241 g/mol. The fourth-order valence-electron chi connectivity index (χ4n) is 1.23. The molecule has 0 aliphatic heterocycles. The van der Waals surface area contributed by atoms with Crippen LogP contribution >= 0.6 is 23.2 Å². The molecular formula is C10H6Cl2N2O. The SMILES string of the molecule is CC(=O)c1nc2cc(Cl)ccc2nc1Cl. The molecular weight excluding hydrogens is 235 g/mol. The third-order valence-corrected chi connectivity index (χ3v) is 2.42. The zero-order valence-corrected chi connectivity index (χ0v) is 9.30. The second kappa shape index (κ2) is 3.76. The van der Waals surface area contributed by atoms with E-state index < -0.39 is 0 Å². The van der Waals surface area contributed by atoms with Gasteiger partial charge in [0.25, 0.3) is 0 Å². The van der Waals surface area contributed by atoms with E-state index in [1.807, 2.05) is 0 Å². The second-order valence-corrected chi connectivity index (χ2v) is 3.85. The van der Waals surface area contributed by atoms with Gasteiger partial charge in [0.15, 0.2) is 10.9 Å². The van der Waals surface area contributed by atoms with E-state index >= 15 is 0 Å². The van der Waals surface area contributed by atoms with E-state index in [0.29, 0.717) is 16.1 Å². The van der Waals surface area contributed by atoms with Gasteiger partial charge in [0.2, 0.25) is 0 Å². The molecule has 1 aromatic carbocycles. The zero-order valence-electron chi connectivity index (χ0n) is 7.79. The number of carbonyl (C=O) groups is 1. The van der Waals surface area contributed by atoms with Crippen LogP contribution in [0.25, 0.3) is 11.0 Å². The maximum absolute atomic E-state index is 11.2. The zero-order chi connectivity index (χ0) is 11.0.